The molecule has 3 aliphatic heterocycles. The molecule has 1 aromatic carbocycles. The number of aryl methyl sites for hydroxylation is 1. The Morgan fingerprint density at radius 3 is 2.38 bits per heavy atom. The van der Waals surface area contributed by atoms with Gasteiger partial charge in [0.2, 0.25) is 0 Å². The fourth-order valence-electron chi connectivity index (χ4n) is 6.14. The number of hydrogen-bond acceptors (Lipinski definition) is 8. The third-order valence-electron chi connectivity index (χ3n) is 8.63. The standard InChI is InChI=1S/C32H48BrN5O4/c1-8-22-17-24-26(27(25(22)33)40-18-21(2)3)34-29(41-23-9-13-36(7)14-10-23)35-28(24)37-15-11-32(12-16-37)19-38(20-32)30(39)42-31(4,5)6/h17,21,23H,8-16,18-20H2,1-7H3. The highest BCUT2D eigenvalue weighted by Gasteiger charge is 2.48. The second-order valence-electron chi connectivity index (χ2n) is 13.9. The molecule has 0 atom stereocenters. The molecule has 2 aromatic rings. The number of hydrogen-bond donors (Lipinski definition) is 0. The summed E-state index contributed by atoms with van der Waals surface area (Å²) >= 11 is 3.84. The fourth-order valence-corrected chi connectivity index (χ4v) is 6.84. The Kier molecular flexibility index (Phi) is 9.14. The molecule has 4 heterocycles. The van der Waals surface area contributed by atoms with Gasteiger partial charge in [-0.1, -0.05) is 20.8 Å². The molecular weight excluding hydrogens is 598 g/mol. The van der Waals surface area contributed by atoms with Gasteiger partial charge in [-0.15, -0.1) is 0 Å². The molecule has 1 spiro atoms. The largest absolute Gasteiger partial charge is 0.490 e. The first kappa shape index (κ1) is 31.1. The van der Waals surface area contributed by atoms with Gasteiger partial charge in [0.05, 0.1) is 11.1 Å². The number of benzene rings is 1. The minimum absolute atomic E-state index is 0.100. The molecule has 0 radical (unpaired) electrons. The van der Waals surface area contributed by atoms with Crippen molar-refractivity contribution in [1.29, 1.82) is 0 Å². The normalized spacial score (nSPS) is 19.8. The molecule has 0 saturated carbocycles. The monoisotopic (exact) mass is 645 g/mol. The molecule has 0 bridgehead atoms. The summed E-state index contributed by atoms with van der Waals surface area (Å²) in [7, 11) is 2.15. The summed E-state index contributed by atoms with van der Waals surface area (Å²) in [6.45, 7) is 18.1. The Balaban J connectivity index is 1.43. The number of anilines is 1. The van der Waals surface area contributed by atoms with Gasteiger partial charge in [0.15, 0.2) is 5.75 Å². The first-order valence-corrected chi connectivity index (χ1v) is 16.4. The van der Waals surface area contributed by atoms with Crippen molar-refractivity contribution >= 4 is 38.7 Å². The zero-order chi connectivity index (χ0) is 30.2. The van der Waals surface area contributed by atoms with Crippen LogP contribution < -0.4 is 14.4 Å². The number of nitrogens with zero attached hydrogens (tertiary/aromatic N) is 5. The molecule has 10 heteroatoms. The van der Waals surface area contributed by atoms with Gasteiger partial charge in [0, 0.05) is 50.1 Å². The summed E-state index contributed by atoms with van der Waals surface area (Å²) in [4.78, 5) is 29.2. The number of piperidine rings is 2. The van der Waals surface area contributed by atoms with Gasteiger partial charge in [0.25, 0.3) is 0 Å². The maximum atomic E-state index is 12.6. The lowest BCUT2D eigenvalue weighted by atomic mass is 9.72. The highest BCUT2D eigenvalue weighted by Crippen LogP contribution is 2.45. The van der Waals surface area contributed by atoms with Gasteiger partial charge in [-0.2, -0.15) is 9.97 Å². The van der Waals surface area contributed by atoms with E-state index in [0.717, 1.165) is 98.3 Å². The molecule has 1 amide bonds. The predicted octanol–water partition coefficient (Wildman–Crippen LogP) is 6.30. The molecule has 3 fully saturated rings. The Bertz CT molecular complexity index is 1270. The number of carbonyl (C=O) groups excluding carboxylic acids is 1. The number of amides is 1. The topological polar surface area (TPSA) is 80.3 Å². The van der Waals surface area contributed by atoms with Crippen LogP contribution in [-0.4, -0.2) is 90.5 Å². The van der Waals surface area contributed by atoms with E-state index in [9.17, 15) is 4.79 Å². The smallest absolute Gasteiger partial charge is 0.410 e. The van der Waals surface area contributed by atoms with Crippen LogP contribution in [0.5, 0.6) is 11.8 Å². The molecule has 232 valence electrons. The van der Waals surface area contributed by atoms with Crippen molar-refractivity contribution in [2.45, 2.75) is 85.4 Å². The van der Waals surface area contributed by atoms with Crippen LogP contribution in [0.4, 0.5) is 10.6 Å². The molecular formula is C32H48BrN5O4. The van der Waals surface area contributed by atoms with E-state index in [1.165, 1.54) is 5.56 Å². The number of rotatable bonds is 7. The van der Waals surface area contributed by atoms with Crippen LogP contribution in [0.3, 0.4) is 0 Å². The molecule has 3 aliphatic rings. The predicted molar refractivity (Wildman–Crippen MR) is 170 cm³/mol. The van der Waals surface area contributed by atoms with E-state index in [-0.39, 0.29) is 17.6 Å². The average molecular weight is 647 g/mol. The third-order valence-corrected chi connectivity index (χ3v) is 9.50. The number of carbonyl (C=O) groups is 1. The van der Waals surface area contributed by atoms with Gasteiger partial charge < -0.3 is 28.9 Å². The quantitative estimate of drug-likeness (QED) is 0.347. The SMILES string of the molecule is CCc1cc2c(N3CCC4(CC3)CN(C(=O)OC(C)(C)C)C4)nc(OC3CCN(C)CC3)nc2c(OCC(C)C)c1Br. The van der Waals surface area contributed by atoms with Gasteiger partial charge in [0.1, 0.15) is 23.0 Å². The summed E-state index contributed by atoms with van der Waals surface area (Å²) < 4.78 is 19.4. The van der Waals surface area contributed by atoms with Gasteiger partial charge in [-0.05, 0) is 93.4 Å². The minimum atomic E-state index is -0.478. The van der Waals surface area contributed by atoms with Gasteiger partial charge >= 0.3 is 12.1 Å². The molecule has 1 aromatic heterocycles. The lowest BCUT2D eigenvalue weighted by Gasteiger charge is -2.53. The molecule has 9 nitrogen and oxygen atoms in total. The molecule has 0 N–H and O–H groups in total. The van der Waals surface area contributed by atoms with Gasteiger partial charge in [-0.3, -0.25) is 0 Å². The summed E-state index contributed by atoms with van der Waals surface area (Å²) in [5.41, 5.74) is 1.64. The number of aromatic nitrogens is 2. The van der Waals surface area contributed by atoms with Gasteiger partial charge in [-0.25, -0.2) is 4.79 Å². The highest BCUT2D eigenvalue weighted by atomic mass is 79.9. The highest BCUT2D eigenvalue weighted by molar-refractivity contribution is 9.10. The number of ether oxygens (including phenoxy) is 3. The van der Waals surface area contributed by atoms with Crippen molar-refractivity contribution in [3.05, 3.63) is 16.1 Å². The second-order valence-corrected chi connectivity index (χ2v) is 14.7. The van der Waals surface area contributed by atoms with Crippen LogP contribution in [0.15, 0.2) is 10.5 Å². The van der Waals surface area contributed by atoms with Crippen LogP contribution in [0, 0.1) is 11.3 Å². The summed E-state index contributed by atoms with van der Waals surface area (Å²) in [6, 6.07) is 2.64. The Hall–Kier alpha value is -2.33. The van der Waals surface area contributed by atoms with Crippen molar-refractivity contribution in [3.8, 4) is 11.8 Å². The van der Waals surface area contributed by atoms with Crippen LogP contribution in [-0.2, 0) is 11.2 Å². The van der Waals surface area contributed by atoms with E-state index in [0.29, 0.717) is 18.5 Å². The second kappa shape index (κ2) is 12.3. The van der Waals surface area contributed by atoms with E-state index in [2.05, 4.69) is 59.6 Å². The van der Waals surface area contributed by atoms with Crippen molar-refractivity contribution in [3.63, 3.8) is 0 Å². The molecule has 42 heavy (non-hydrogen) atoms. The Morgan fingerprint density at radius 2 is 1.79 bits per heavy atom. The fraction of sp³-hybridized carbons (Fsp3) is 0.719. The van der Waals surface area contributed by atoms with Crippen molar-refractivity contribution in [1.82, 2.24) is 19.8 Å². The lowest BCUT2D eigenvalue weighted by molar-refractivity contribution is -0.0434. The number of fused-ring (bicyclic) bond motifs is 1. The van der Waals surface area contributed by atoms with E-state index < -0.39 is 5.60 Å². The van der Waals surface area contributed by atoms with E-state index >= 15 is 0 Å². The first-order chi connectivity index (χ1) is 19.9. The van der Waals surface area contributed by atoms with Crippen molar-refractivity contribution in [2.24, 2.45) is 11.3 Å². The third kappa shape index (κ3) is 6.90. The molecule has 3 saturated heterocycles. The zero-order valence-electron chi connectivity index (χ0n) is 26.5. The average Bonchev–Trinajstić information content (AvgIpc) is 2.91. The first-order valence-electron chi connectivity index (χ1n) is 15.6. The molecule has 0 unspecified atom stereocenters. The molecule has 0 aliphatic carbocycles. The van der Waals surface area contributed by atoms with E-state index in [1.54, 1.807) is 0 Å². The summed E-state index contributed by atoms with van der Waals surface area (Å²) in [5.74, 6) is 2.07. The Morgan fingerprint density at radius 1 is 1.12 bits per heavy atom. The maximum absolute atomic E-state index is 12.6. The van der Waals surface area contributed by atoms with Crippen LogP contribution in [0.25, 0.3) is 10.9 Å². The lowest BCUT2D eigenvalue weighted by Crippen LogP contribution is -2.62. The van der Waals surface area contributed by atoms with E-state index in [1.807, 2.05) is 25.7 Å². The van der Waals surface area contributed by atoms with Crippen LogP contribution in [0.1, 0.15) is 72.8 Å². The summed E-state index contributed by atoms with van der Waals surface area (Å²) in [5, 5.41) is 1.00. The Labute approximate surface area is 259 Å². The zero-order valence-corrected chi connectivity index (χ0v) is 28.1. The van der Waals surface area contributed by atoms with Crippen molar-refractivity contribution < 1.29 is 19.0 Å². The van der Waals surface area contributed by atoms with Crippen molar-refractivity contribution in [2.75, 3.05) is 57.8 Å². The number of halogens is 1. The van der Waals surface area contributed by atoms with E-state index in [4.69, 9.17) is 24.2 Å². The number of likely N-dealkylation sites (tertiary alicyclic amines) is 2. The van der Waals surface area contributed by atoms with Crippen LogP contribution >= 0.6 is 15.9 Å². The minimum Gasteiger partial charge on any atom is -0.490 e. The van der Waals surface area contributed by atoms with Crippen LogP contribution in [0.2, 0.25) is 0 Å². The maximum Gasteiger partial charge on any atom is 0.410 e. The summed E-state index contributed by atoms with van der Waals surface area (Å²) in [6.07, 6.45) is 4.67. The molecule has 5 rings (SSSR count).